The van der Waals surface area contributed by atoms with E-state index in [0.717, 1.165) is 26.2 Å². The molecule has 1 fully saturated rings. The summed E-state index contributed by atoms with van der Waals surface area (Å²) in [6.45, 7) is 2.78. The SMILES string of the molecule is Cl.Cl.Oc1ccc([C@@H](CF)N2CCNCC2)cc1O. The molecular weight excluding hydrogens is 294 g/mol. The number of rotatable bonds is 3. The van der Waals surface area contributed by atoms with Crippen molar-refractivity contribution in [3.8, 4) is 11.5 Å². The third-order valence-corrected chi connectivity index (χ3v) is 3.12. The Morgan fingerprint density at radius 1 is 1.16 bits per heavy atom. The zero-order valence-electron chi connectivity index (χ0n) is 10.4. The molecule has 1 heterocycles. The maximum atomic E-state index is 13.2. The maximum Gasteiger partial charge on any atom is 0.157 e. The molecule has 19 heavy (non-hydrogen) atoms. The number of hydrogen-bond donors (Lipinski definition) is 3. The third kappa shape index (κ3) is 4.38. The van der Waals surface area contributed by atoms with Crippen molar-refractivity contribution in [1.82, 2.24) is 10.2 Å². The number of nitrogens with zero attached hydrogens (tertiary/aromatic N) is 1. The van der Waals surface area contributed by atoms with Gasteiger partial charge >= 0.3 is 0 Å². The molecule has 0 amide bonds. The van der Waals surface area contributed by atoms with E-state index in [9.17, 15) is 14.6 Å². The molecule has 110 valence electrons. The van der Waals surface area contributed by atoms with Crippen LogP contribution in [0.1, 0.15) is 11.6 Å². The average Bonchev–Trinajstić information content (AvgIpc) is 2.36. The molecule has 0 bridgehead atoms. The molecule has 2 rings (SSSR count). The quantitative estimate of drug-likeness (QED) is 0.746. The molecule has 0 aromatic heterocycles. The third-order valence-electron chi connectivity index (χ3n) is 3.12. The zero-order valence-corrected chi connectivity index (χ0v) is 12.0. The molecule has 1 atom stereocenters. The highest BCUT2D eigenvalue weighted by Crippen LogP contribution is 2.30. The van der Waals surface area contributed by atoms with Crippen LogP contribution in [0.2, 0.25) is 0 Å². The largest absolute Gasteiger partial charge is 0.504 e. The fourth-order valence-corrected chi connectivity index (χ4v) is 2.14. The van der Waals surface area contributed by atoms with Gasteiger partial charge in [0.25, 0.3) is 0 Å². The topological polar surface area (TPSA) is 55.7 Å². The predicted octanol–water partition coefficient (Wildman–Crippen LogP) is 1.86. The van der Waals surface area contributed by atoms with Crippen molar-refractivity contribution < 1.29 is 14.6 Å². The fourth-order valence-electron chi connectivity index (χ4n) is 2.14. The molecule has 0 aliphatic carbocycles. The van der Waals surface area contributed by atoms with E-state index in [0.29, 0.717) is 5.56 Å². The van der Waals surface area contributed by atoms with Gasteiger partial charge in [0.05, 0.1) is 6.04 Å². The van der Waals surface area contributed by atoms with Crippen LogP contribution in [0.15, 0.2) is 18.2 Å². The van der Waals surface area contributed by atoms with Crippen molar-refractivity contribution in [3.63, 3.8) is 0 Å². The van der Waals surface area contributed by atoms with Gasteiger partial charge in [-0.2, -0.15) is 0 Å². The summed E-state index contributed by atoms with van der Waals surface area (Å²) in [6, 6.07) is 4.14. The number of aromatic hydroxyl groups is 2. The highest BCUT2D eigenvalue weighted by Gasteiger charge is 2.22. The Morgan fingerprint density at radius 2 is 1.79 bits per heavy atom. The van der Waals surface area contributed by atoms with Gasteiger partial charge in [-0.3, -0.25) is 4.90 Å². The Labute approximate surface area is 124 Å². The number of phenols is 2. The molecule has 1 aliphatic heterocycles. The summed E-state index contributed by atoms with van der Waals surface area (Å²) in [5.74, 6) is -0.372. The first-order valence-corrected chi connectivity index (χ1v) is 5.75. The highest BCUT2D eigenvalue weighted by atomic mass is 35.5. The van der Waals surface area contributed by atoms with Crippen LogP contribution >= 0.6 is 24.8 Å². The number of benzene rings is 1. The summed E-state index contributed by atoms with van der Waals surface area (Å²) in [4.78, 5) is 2.04. The van der Waals surface area contributed by atoms with Crippen molar-refractivity contribution in [2.45, 2.75) is 6.04 Å². The monoisotopic (exact) mass is 312 g/mol. The van der Waals surface area contributed by atoms with Crippen LogP contribution < -0.4 is 5.32 Å². The fraction of sp³-hybridized carbons (Fsp3) is 0.500. The lowest BCUT2D eigenvalue weighted by Crippen LogP contribution is -2.45. The van der Waals surface area contributed by atoms with Crippen LogP contribution in [-0.4, -0.2) is 48.0 Å². The number of alkyl halides is 1. The van der Waals surface area contributed by atoms with E-state index in [4.69, 9.17) is 0 Å². The van der Waals surface area contributed by atoms with Gasteiger partial charge in [0.2, 0.25) is 0 Å². The van der Waals surface area contributed by atoms with Crippen LogP contribution in [-0.2, 0) is 0 Å². The normalized spacial score (nSPS) is 17.1. The molecule has 0 saturated carbocycles. The second-order valence-corrected chi connectivity index (χ2v) is 4.20. The summed E-state index contributed by atoms with van der Waals surface area (Å²) in [7, 11) is 0. The lowest BCUT2D eigenvalue weighted by Gasteiger charge is -2.33. The van der Waals surface area contributed by atoms with Crippen LogP contribution in [0.3, 0.4) is 0 Å². The summed E-state index contributed by atoms with van der Waals surface area (Å²) in [5.41, 5.74) is 0.699. The number of piperazine rings is 1. The van der Waals surface area contributed by atoms with E-state index in [1.807, 2.05) is 4.90 Å². The molecule has 1 aromatic rings. The second kappa shape index (κ2) is 8.43. The lowest BCUT2D eigenvalue weighted by molar-refractivity contribution is 0.147. The van der Waals surface area contributed by atoms with Crippen LogP contribution in [0, 0.1) is 0 Å². The Balaban J connectivity index is 0.00000162. The zero-order chi connectivity index (χ0) is 12.3. The van der Waals surface area contributed by atoms with Crippen molar-refractivity contribution in [2.24, 2.45) is 0 Å². The van der Waals surface area contributed by atoms with Crippen LogP contribution in [0.4, 0.5) is 4.39 Å². The molecular formula is C12H19Cl2FN2O2. The Morgan fingerprint density at radius 3 is 2.32 bits per heavy atom. The minimum atomic E-state index is -0.496. The standard InChI is InChI=1S/C12H17FN2O2.2ClH/c13-8-10(15-5-3-14-4-6-15)9-1-2-11(16)12(17)7-9;;/h1-2,7,10,14,16-17H,3-6,8H2;2*1H/t10-;;/m1../s1. The molecule has 1 aliphatic rings. The molecule has 0 spiro atoms. The number of phenolic OH excluding ortho intramolecular Hbond substituents is 2. The van der Waals surface area contributed by atoms with Gasteiger partial charge in [-0.1, -0.05) is 6.07 Å². The maximum absolute atomic E-state index is 13.2. The summed E-state index contributed by atoms with van der Waals surface area (Å²) in [6.07, 6.45) is 0. The van der Waals surface area contributed by atoms with Gasteiger partial charge in [-0.05, 0) is 17.7 Å². The molecule has 1 aromatic carbocycles. The van der Waals surface area contributed by atoms with Gasteiger partial charge in [0.1, 0.15) is 6.67 Å². The number of halogens is 3. The van der Waals surface area contributed by atoms with Crippen LogP contribution in [0.5, 0.6) is 11.5 Å². The van der Waals surface area contributed by atoms with Crippen molar-refractivity contribution in [1.29, 1.82) is 0 Å². The summed E-state index contributed by atoms with van der Waals surface area (Å²) >= 11 is 0. The van der Waals surface area contributed by atoms with Gasteiger partial charge in [0.15, 0.2) is 11.5 Å². The van der Waals surface area contributed by atoms with E-state index in [2.05, 4.69) is 5.32 Å². The first kappa shape index (κ1) is 18.2. The van der Waals surface area contributed by atoms with Gasteiger partial charge in [-0.15, -0.1) is 24.8 Å². The van der Waals surface area contributed by atoms with Gasteiger partial charge in [-0.25, -0.2) is 4.39 Å². The highest BCUT2D eigenvalue weighted by molar-refractivity contribution is 5.85. The molecule has 0 radical (unpaired) electrons. The minimum absolute atomic E-state index is 0. The second-order valence-electron chi connectivity index (χ2n) is 4.20. The summed E-state index contributed by atoms with van der Waals surface area (Å²) < 4.78 is 13.2. The Kier molecular flexibility index (Phi) is 8.09. The molecule has 4 nitrogen and oxygen atoms in total. The number of nitrogens with one attached hydrogen (secondary N) is 1. The van der Waals surface area contributed by atoms with Crippen molar-refractivity contribution in [2.75, 3.05) is 32.9 Å². The van der Waals surface area contributed by atoms with Gasteiger partial charge in [0, 0.05) is 26.2 Å². The van der Waals surface area contributed by atoms with Crippen molar-refractivity contribution in [3.05, 3.63) is 23.8 Å². The van der Waals surface area contributed by atoms with E-state index in [1.165, 1.54) is 12.1 Å². The molecule has 3 N–H and O–H groups in total. The van der Waals surface area contributed by atoms with Crippen molar-refractivity contribution >= 4 is 24.8 Å². The molecule has 7 heteroatoms. The van der Waals surface area contributed by atoms with E-state index < -0.39 is 6.67 Å². The predicted molar refractivity (Wildman–Crippen MR) is 77.4 cm³/mol. The van der Waals surface area contributed by atoms with Gasteiger partial charge < -0.3 is 15.5 Å². The smallest absolute Gasteiger partial charge is 0.157 e. The lowest BCUT2D eigenvalue weighted by atomic mass is 10.0. The Hall–Kier alpha value is -0.750. The first-order chi connectivity index (χ1) is 8.22. The van der Waals surface area contributed by atoms with E-state index in [1.54, 1.807) is 6.07 Å². The number of hydrogen-bond acceptors (Lipinski definition) is 4. The Bertz CT molecular complexity index is 390. The summed E-state index contributed by atoms with van der Waals surface area (Å²) in [5, 5.41) is 21.9. The van der Waals surface area contributed by atoms with Crippen LogP contribution in [0.25, 0.3) is 0 Å². The average molecular weight is 313 g/mol. The molecule has 0 unspecified atom stereocenters. The molecule has 1 saturated heterocycles. The van der Waals surface area contributed by atoms with E-state index in [-0.39, 0.29) is 42.4 Å². The first-order valence-electron chi connectivity index (χ1n) is 5.75. The minimum Gasteiger partial charge on any atom is -0.504 e. The van der Waals surface area contributed by atoms with E-state index >= 15 is 0 Å².